The molecule has 5 nitrogen and oxygen atoms in total. The summed E-state index contributed by atoms with van der Waals surface area (Å²) in [5, 5.41) is 9.10. The minimum atomic E-state index is -1.18. The zero-order valence-electron chi connectivity index (χ0n) is 9.27. The Morgan fingerprint density at radius 1 is 1.69 bits per heavy atom. The Morgan fingerprint density at radius 3 is 2.81 bits per heavy atom. The lowest BCUT2D eigenvalue weighted by Gasteiger charge is -2.23. The maximum atomic E-state index is 11.1. The molecule has 0 aliphatic carbocycles. The number of nitrogens with zero attached hydrogens (tertiary/aromatic N) is 1. The van der Waals surface area contributed by atoms with Crippen molar-refractivity contribution < 1.29 is 9.90 Å². The fraction of sp³-hybridized carbons (Fsp3) is 0.600. The summed E-state index contributed by atoms with van der Waals surface area (Å²) in [7, 11) is 0. The Balaban J connectivity index is 0.00000225. The molecule has 0 spiro atoms. The number of aromatic nitrogens is 2. The quantitative estimate of drug-likeness (QED) is 0.708. The van der Waals surface area contributed by atoms with E-state index >= 15 is 0 Å². The molecular weight excluding hydrogens is 230 g/mol. The molecule has 0 aliphatic rings. The van der Waals surface area contributed by atoms with Gasteiger partial charge in [-0.05, 0) is 6.42 Å². The van der Waals surface area contributed by atoms with Crippen molar-refractivity contribution in [2.24, 2.45) is 5.73 Å². The highest BCUT2D eigenvalue weighted by molar-refractivity contribution is 5.85. The summed E-state index contributed by atoms with van der Waals surface area (Å²) < 4.78 is 0. The molecule has 1 aromatic heterocycles. The molecule has 0 saturated heterocycles. The normalized spacial score (nSPS) is 13.9. The van der Waals surface area contributed by atoms with Gasteiger partial charge >= 0.3 is 5.97 Å². The van der Waals surface area contributed by atoms with Crippen molar-refractivity contribution >= 4 is 18.4 Å². The number of aliphatic carboxylic acids is 1. The van der Waals surface area contributed by atoms with Crippen molar-refractivity contribution in [2.45, 2.75) is 38.1 Å². The van der Waals surface area contributed by atoms with Gasteiger partial charge in [0.25, 0.3) is 0 Å². The molecule has 0 radical (unpaired) electrons. The molecule has 92 valence electrons. The maximum Gasteiger partial charge on any atom is 0.324 e. The highest BCUT2D eigenvalue weighted by atomic mass is 35.5. The molecule has 0 fully saturated rings. The molecule has 1 rings (SSSR count). The number of nitrogens with one attached hydrogen (secondary N) is 1. The molecule has 1 heterocycles. The predicted octanol–water partition coefficient (Wildman–Crippen LogP) is 1.35. The number of hydrogen-bond donors (Lipinski definition) is 3. The molecule has 4 N–H and O–H groups in total. The molecular formula is C10H18ClN3O2. The van der Waals surface area contributed by atoms with E-state index in [9.17, 15) is 4.79 Å². The van der Waals surface area contributed by atoms with Crippen LogP contribution in [0.4, 0.5) is 0 Å². The molecule has 1 atom stereocenters. The molecule has 6 heteroatoms. The molecule has 1 aromatic rings. The van der Waals surface area contributed by atoms with Crippen LogP contribution in [0.2, 0.25) is 0 Å². The Morgan fingerprint density at radius 2 is 2.38 bits per heavy atom. The van der Waals surface area contributed by atoms with Crippen LogP contribution in [0.15, 0.2) is 12.5 Å². The second kappa shape index (κ2) is 6.50. The number of carboxylic acids is 1. The van der Waals surface area contributed by atoms with Crippen molar-refractivity contribution in [1.29, 1.82) is 0 Å². The van der Waals surface area contributed by atoms with Crippen LogP contribution in [0.25, 0.3) is 0 Å². The number of H-pyrrole nitrogens is 1. The SMILES string of the molecule is CCCC[C@](N)(Cc1cnc[nH]1)C(=O)O.Cl. The van der Waals surface area contributed by atoms with E-state index in [1.807, 2.05) is 6.92 Å². The standard InChI is InChI=1S/C10H17N3O2.ClH/c1-2-3-4-10(11,9(14)15)5-8-6-12-7-13-8;/h6-7H,2-5,11H2,1H3,(H,12,13)(H,14,15);1H/t10-;/m0./s1. The summed E-state index contributed by atoms with van der Waals surface area (Å²) in [6.07, 6.45) is 5.67. The number of carboxylic acid groups (broad SMARTS) is 1. The first-order chi connectivity index (χ1) is 7.08. The Kier molecular flexibility index (Phi) is 6.06. The van der Waals surface area contributed by atoms with Crippen LogP contribution in [0, 0.1) is 0 Å². The molecule has 16 heavy (non-hydrogen) atoms. The van der Waals surface area contributed by atoms with Gasteiger partial charge in [0.1, 0.15) is 5.54 Å². The van der Waals surface area contributed by atoms with Crippen LogP contribution in [-0.4, -0.2) is 26.6 Å². The van der Waals surface area contributed by atoms with E-state index < -0.39 is 11.5 Å². The summed E-state index contributed by atoms with van der Waals surface area (Å²) in [5.74, 6) is -0.953. The summed E-state index contributed by atoms with van der Waals surface area (Å²) in [5.41, 5.74) is 5.45. The van der Waals surface area contributed by atoms with Gasteiger partial charge in [-0.3, -0.25) is 4.79 Å². The molecule has 0 aromatic carbocycles. The second-order valence-corrected chi connectivity index (χ2v) is 3.82. The van der Waals surface area contributed by atoms with Gasteiger partial charge in [0.2, 0.25) is 0 Å². The second-order valence-electron chi connectivity index (χ2n) is 3.82. The maximum absolute atomic E-state index is 11.1. The van der Waals surface area contributed by atoms with Crippen LogP contribution in [0.3, 0.4) is 0 Å². The number of halogens is 1. The molecule has 0 saturated carbocycles. The zero-order valence-corrected chi connectivity index (χ0v) is 10.1. The highest BCUT2D eigenvalue weighted by Gasteiger charge is 2.33. The first-order valence-corrected chi connectivity index (χ1v) is 5.08. The van der Waals surface area contributed by atoms with Gasteiger partial charge in [0.05, 0.1) is 6.33 Å². The van der Waals surface area contributed by atoms with Gasteiger partial charge in [0.15, 0.2) is 0 Å². The molecule has 0 amide bonds. The lowest BCUT2D eigenvalue weighted by atomic mass is 9.89. The first-order valence-electron chi connectivity index (χ1n) is 5.08. The lowest BCUT2D eigenvalue weighted by Crippen LogP contribution is -2.50. The van der Waals surface area contributed by atoms with Crippen LogP contribution in [0.1, 0.15) is 31.9 Å². The van der Waals surface area contributed by atoms with E-state index in [2.05, 4.69) is 9.97 Å². The fourth-order valence-corrected chi connectivity index (χ4v) is 1.48. The average Bonchev–Trinajstić information content (AvgIpc) is 2.67. The van der Waals surface area contributed by atoms with E-state index in [1.165, 1.54) is 6.33 Å². The van der Waals surface area contributed by atoms with Crippen LogP contribution in [0.5, 0.6) is 0 Å². The fourth-order valence-electron chi connectivity index (χ4n) is 1.48. The molecule has 0 bridgehead atoms. The van der Waals surface area contributed by atoms with Crippen molar-refractivity contribution in [1.82, 2.24) is 9.97 Å². The third-order valence-electron chi connectivity index (χ3n) is 2.46. The lowest BCUT2D eigenvalue weighted by molar-refractivity contribution is -0.143. The Hall–Kier alpha value is -1.07. The monoisotopic (exact) mass is 247 g/mol. The van der Waals surface area contributed by atoms with Crippen molar-refractivity contribution in [3.8, 4) is 0 Å². The topological polar surface area (TPSA) is 92.0 Å². The highest BCUT2D eigenvalue weighted by Crippen LogP contribution is 2.16. The van der Waals surface area contributed by atoms with Crippen molar-refractivity contribution in [2.75, 3.05) is 0 Å². The number of aromatic amines is 1. The number of imidazole rings is 1. The molecule has 0 aliphatic heterocycles. The Labute approximate surface area is 101 Å². The first kappa shape index (κ1) is 14.9. The summed E-state index contributed by atoms with van der Waals surface area (Å²) in [6, 6.07) is 0. The third kappa shape index (κ3) is 3.83. The number of nitrogens with two attached hydrogens (primary N) is 1. The van der Waals surface area contributed by atoms with E-state index in [0.29, 0.717) is 12.8 Å². The van der Waals surface area contributed by atoms with E-state index in [4.69, 9.17) is 10.8 Å². The van der Waals surface area contributed by atoms with E-state index in [1.54, 1.807) is 6.20 Å². The van der Waals surface area contributed by atoms with Gasteiger partial charge < -0.3 is 15.8 Å². The largest absolute Gasteiger partial charge is 0.480 e. The van der Waals surface area contributed by atoms with Gasteiger partial charge in [0, 0.05) is 18.3 Å². The number of unbranched alkanes of at least 4 members (excludes halogenated alkanes) is 1. The van der Waals surface area contributed by atoms with E-state index in [0.717, 1.165) is 18.5 Å². The molecule has 0 unspecified atom stereocenters. The average molecular weight is 248 g/mol. The van der Waals surface area contributed by atoms with Crippen molar-refractivity contribution in [3.05, 3.63) is 18.2 Å². The smallest absolute Gasteiger partial charge is 0.324 e. The summed E-state index contributed by atoms with van der Waals surface area (Å²) >= 11 is 0. The number of rotatable bonds is 6. The predicted molar refractivity (Wildman–Crippen MR) is 63.6 cm³/mol. The minimum absolute atomic E-state index is 0. The Bertz CT molecular complexity index is 316. The van der Waals surface area contributed by atoms with Crippen LogP contribution in [-0.2, 0) is 11.2 Å². The van der Waals surface area contributed by atoms with Crippen LogP contribution >= 0.6 is 12.4 Å². The minimum Gasteiger partial charge on any atom is -0.480 e. The summed E-state index contributed by atoms with van der Waals surface area (Å²) in [6.45, 7) is 2.01. The third-order valence-corrected chi connectivity index (χ3v) is 2.46. The van der Waals surface area contributed by atoms with Gasteiger partial charge in [-0.1, -0.05) is 19.8 Å². The van der Waals surface area contributed by atoms with Gasteiger partial charge in [-0.15, -0.1) is 12.4 Å². The summed E-state index contributed by atoms with van der Waals surface area (Å²) in [4.78, 5) is 17.8. The zero-order chi connectivity index (χ0) is 11.3. The van der Waals surface area contributed by atoms with Gasteiger partial charge in [-0.2, -0.15) is 0 Å². The van der Waals surface area contributed by atoms with Gasteiger partial charge in [-0.25, -0.2) is 4.98 Å². The van der Waals surface area contributed by atoms with E-state index in [-0.39, 0.29) is 12.4 Å². The number of carbonyl (C=O) groups is 1. The van der Waals surface area contributed by atoms with Crippen molar-refractivity contribution in [3.63, 3.8) is 0 Å². The van der Waals surface area contributed by atoms with Crippen LogP contribution < -0.4 is 5.73 Å². The number of hydrogen-bond acceptors (Lipinski definition) is 3.